The van der Waals surface area contributed by atoms with Gasteiger partial charge in [-0.25, -0.2) is 0 Å². The average Bonchev–Trinajstić information content (AvgIpc) is 2.80. The highest BCUT2D eigenvalue weighted by molar-refractivity contribution is 6.07. The molecular weight excluding hydrogens is 380 g/mol. The number of morpholine rings is 1. The molecule has 1 fully saturated rings. The van der Waals surface area contributed by atoms with E-state index in [-0.39, 0.29) is 17.2 Å². The summed E-state index contributed by atoms with van der Waals surface area (Å²) in [6.45, 7) is 2.82. The first-order chi connectivity index (χ1) is 14.6. The molecule has 1 aliphatic rings. The summed E-state index contributed by atoms with van der Waals surface area (Å²) in [5.41, 5.74) is 3.73. The minimum Gasteiger partial charge on any atom is -0.507 e. The molecular formula is C24H24N2O4. The smallest absolute Gasteiger partial charge is 0.259 e. The maximum absolute atomic E-state index is 12.9. The van der Waals surface area contributed by atoms with Gasteiger partial charge in [0.2, 0.25) is 0 Å². The monoisotopic (exact) mass is 404 g/mol. The number of carbonyl (C=O) groups is 1. The van der Waals surface area contributed by atoms with E-state index in [1.807, 2.05) is 54.6 Å². The molecule has 1 heterocycles. The Morgan fingerprint density at radius 3 is 2.50 bits per heavy atom. The number of benzene rings is 3. The van der Waals surface area contributed by atoms with Crippen LogP contribution in [0.25, 0.3) is 11.1 Å². The number of nitrogens with zero attached hydrogens (tertiary/aromatic N) is 1. The molecule has 3 aromatic rings. The molecule has 0 spiro atoms. The van der Waals surface area contributed by atoms with Crippen LogP contribution in [0.2, 0.25) is 0 Å². The zero-order valence-electron chi connectivity index (χ0n) is 16.8. The third kappa shape index (κ3) is 4.39. The van der Waals surface area contributed by atoms with E-state index in [0.717, 1.165) is 35.7 Å². The molecule has 0 radical (unpaired) electrons. The van der Waals surface area contributed by atoms with Crippen molar-refractivity contribution in [1.29, 1.82) is 0 Å². The Hall–Kier alpha value is -3.51. The van der Waals surface area contributed by atoms with Crippen molar-refractivity contribution >= 4 is 17.3 Å². The lowest BCUT2D eigenvalue weighted by atomic mass is 10.0. The summed E-state index contributed by atoms with van der Waals surface area (Å²) in [5.74, 6) is 0.366. The molecule has 0 saturated carbocycles. The highest BCUT2D eigenvalue weighted by Gasteiger charge is 2.17. The quantitative estimate of drug-likeness (QED) is 0.668. The SMILES string of the molecule is COc1cccc(-c2cccc(NC(=O)c3cc(N4CCOCC4)ccc3O)c2)c1. The number of phenolic OH excluding ortho intramolecular Hbond substituents is 1. The van der Waals surface area contributed by atoms with Gasteiger partial charge in [-0.2, -0.15) is 0 Å². The summed E-state index contributed by atoms with van der Waals surface area (Å²) in [6.07, 6.45) is 0. The summed E-state index contributed by atoms with van der Waals surface area (Å²) in [4.78, 5) is 15.0. The van der Waals surface area contributed by atoms with Crippen LogP contribution >= 0.6 is 0 Å². The van der Waals surface area contributed by atoms with Crippen LogP contribution in [0.5, 0.6) is 11.5 Å². The lowest BCUT2D eigenvalue weighted by Crippen LogP contribution is -2.36. The molecule has 1 amide bonds. The van der Waals surface area contributed by atoms with Gasteiger partial charge >= 0.3 is 0 Å². The van der Waals surface area contributed by atoms with Crippen LogP contribution < -0.4 is 15.0 Å². The number of hydrogen-bond acceptors (Lipinski definition) is 5. The highest BCUT2D eigenvalue weighted by atomic mass is 16.5. The van der Waals surface area contributed by atoms with Gasteiger partial charge in [0.25, 0.3) is 5.91 Å². The maximum atomic E-state index is 12.9. The Bertz CT molecular complexity index is 1040. The second-order valence-electron chi connectivity index (χ2n) is 7.07. The summed E-state index contributed by atoms with van der Waals surface area (Å²) in [7, 11) is 1.63. The predicted molar refractivity (Wildman–Crippen MR) is 118 cm³/mol. The fourth-order valence-corrected chi connectivity index (χ4v) is 3.50. The number of rotatable bonds is 5. The van der Waals surface area contributed by atoms with Crippen molar-refractivity contribution in [1.82, 2.24) is 0 Å². The Kier molecular flexibility index (Phi) is 5.86. The first-order valence-electron chi connectivity index (χ1n) is 9.85. The first-order valence-corrected chi connectivity index (χ1v) is 9.85. The van der Waals surface area contributed by atoms with Crippen molar-refractivity contribution in [2.45, 2.75) is 0 Å². The molecule has 6 nitrogen and oxygen atoms in total. The van der Waals surface area contributed by atoms with E-state index in [4.69, 9.17) is 9.47 Å². The Balaban J connectivity index is 1.55. The summed E-state index contributed by atoms with van der Waals surface area (Å²) < 4.78 is 10.7. The molecule has 0 aromatic heterocycles. The van der Waals surface area contributed by atoms with Crippen molar-refractivity contribution in [2.75, 3.05) is 43.6 Å². The number of ether oxygens (including phenoxy) is 2. The van der Waals surface area contributed by atoms with Crippen molar-refractivity contribution in [2.24, 2.45) is 0 Å². The predicted octanol–water partition coefficient (Wildman–Crippen LogP) is 4.16. The van der Waals surface area contributed by atoms with Gasteiger partial charge < -0.3 is 24.8 Å². The zero-order chi connectivity index (χ0) is 20.9. The third-order valence-electron chi connectivity index (χ3n) is 5.12. The highest BCUT2D eigenvalue weighted by Crippen LogP contribution is 2.28. The van der Waals surface area contributed by atoms with Crippen molar-refractivity contribution in [3.8, 4) is 22.6 Å². The fraction of sp³-hybridized carbons (Fsp3) is 0.208. The Labute approximate surface area is 175 Å². The molecule has 2 N–H and O–H groups in total. The van der Waals surface area contributed by atoms with Crippen molar-refractivity contribution in [3.05, 3.63) is 72.3 Å². The number of nitrogens with one attached hydrogen (secondary N) is 1. The number of methoxy groups -OCH3 is 1. The van der Waals surface area contributed by atoms with Crippen LogP contribution in [-0.2, 0) is 4.74 Å². The second kappa shape index (κ2) is 8.88. The van der Waals surface area contributed by atoms with Crippen LogP contribution in [0.3, 0.4) is 0 Å². The van der Waals surface area contributed by atoms with E-state index < -0.39 is 0 Å². The standard InChI is InChI=1S/C24H24N2O4/c1-29-21-7-3-5-18(15-21)17-4-2-6-19(14-17)25-24(28)22-16-20(8-9-23(22)27)26-10-12-30-13-11-26/h2-9,14-16,27H,10-13H2,1H3,(H,25,28). The normalized spacial score (nSPS) is 13.7. The van der Waals surface area contributed by atoms with Crippen LogP contribution in [-0.4, -0.2) is 44.4 Å². The van der Waals surface area contributed by atoms with Gasteiger partial charge in [0.1, 0.15) is 11.5 Å². The number of anilines is 2. The number of hydrogen-bond donors (Lipinski definition) is 2. The summed E-state index contributed by atoms with van der Waals surface area (Å²) in [6, 6.07) is 20.4. The van der Waals surface area contributed by atoms with E-state index in [9.17, 15) is 9.90 Å². The lowest BCUT2D eigenvalue weighted by Gasteiger charge is -2.29. The van der Waals surface area contributed by atoms with Gasteiger partial charge in [-0.3, -0.25) is 4.79 Å². The topological polar surface area (TPSA) is 71.0 Å². The summed E-state index contributed by atoms with van der Waals surface area (Å²) in [5, 5.41) is 13.1. The number of phenols is 1. The van der Waals surface area contributed by atoms with Crippen LogP contribution in [0.1, 0.15) is 10.4 Å². The summed E-state index contributed by atoms with van der Waals surface area (Å²) >= 11 is 0. The molecule has 0 bridgehead atoms. The minimum atomic E-state index is -0.356. The van der Waals surface area contributed by atoms with Crippen molar-refractivity contribution < 1.29 is 19.4 Å². The molecule has 0 unspecified atom stereocenters. The number of carbonyl (C=O) groups excluding carboxylic acids is 1. The van der Waals surface area contributed by atoms with Crippen molar-refractivity contribution in [3.63, 3.8) is 0 Å². The molecule has 6 heteroatoms. The van der Waals surface area contributed by atoms with E-state index in [1.54, 1.807) is 19.2 Å². The molecule has 0 aliphatic carbocycles. The minimum absolute atomic E-state index is 0.0477. The van der Waals surface area contributed by atoms with E-state index >= 15 is 0 Å². The van der Waals surface area contributed by atoms with Gasteiger partial charge in [0, 0.05) is 24.5 Å². The van der Waals surface area contributed by atoms with Crippen LogP contribution in [0, 0.1) is 0 Å². The Morgan fingerprint density at radius 1 is 1.00 bits per heavy atom. The molecule has 4 rings (SSSR count). The van der Waals surface area contributed by atoms with E-state index in [1.165, 1.54) is 0 Å². The molecule has 1 saturated heterocycles. The van der Waals surface area contributed by atoms with E-state index in [2.05, 4.69) is 10.2 Å². The maximum Gasteiger partial charge on any atom is 0.259 e. The lowest BCUT2D eigenvalue weighted by molar-refractivity contribution is 0.102. The number of amides is 1. The molecule has 154 valence electrons. The molecule has 0 atom stereocenters. The first kappa shape index (κ1) is 19.8. The van der Waals surface area contributed by atoms with Gasteiger partial charge in [-0.15, -0.1) is 0 Å². The Morgan fingerprint density at radius 2 is 1.73 bits per heavy atom. The largest absolute Gasteiger partial charge is 0.507 e. The second-order valence-corrected chi connectivity index (χ2v) is 7.07. The third-order valence-corrected chi connectivity index (χ3v) is 5.12. The van der Waals surface area contributed by atoms with Gasteiger partial charge in [0.05, 0.1) is 25.9 Å². The zero-order valence-corrected chi connectivity index (χ0v) is 16.8. The average molecular weight is 404 g/mol. The molecule has 3 aromatic carbocycles. The van der Waals surface area contributed by atoms with Crippen LogP contribution in [0.15, 0.2) is 66.7 Å². The number of aromatic hydroxyl groups is 1. The fourth-order valence-electron chi connectivity index (χ4n) is 3.50. The van der Waals surface area contributed by atoms with Crippen LogP contribution in [0.4, 0.5) is 11.4 Å². The van der Waals surface area contributed by atoms with E-state index in [0.29, 0.717) is 18.9 Å². The molecule has 1 aliphatic heterocycles. The van der Waals surface area contributed by atoms with Gasteiger partial charge in [0.15, 0.2) is 0 Å². The molecule has 30 heavy (non-hydrogen) atoms. The van der Waals surface area contributed by atoms with Gasteiger partial charge in [-0.05, 0) is 53.6 Å². The van der Waals surface area contributed by atoms with Gasteiger partial charge in [-0.1, -0.05) is 24.3 Å².